The molecule has 5 nitrogen and oxygen atoms in total. The molecule has 0 aliphatic heterocycles. The van der Waals surface area contributed by atoms with Gasteiger partial charge in [0.25, 0.3) is 0 Å². The lowest BCUT2D eigenvalue weighted by Crippen LogP contribution is -2.37. The number of rotatable bonds is 4. The summed E-state index contributed by atoms with van der Waals surface area (Å²) in [5.74, 6) is 1.90. The minimum Gasteiger partial charge on any atom is -0.393 e. The number of hydrogen-bond acceptors (Lipinski definition) is 5. The lowest BCUT2D eigenvalue weighted by atomic mass is 9.82. The summed E-state index contributed by atoms with van der Waals surface area (Å²) in [5.41, 5.74) is 6.59. The number of aryl methyl sites for hydroxylation is 1. The number of nitrogens with zero attached hydrogens (tertiary/aromatic N) is 3. The third-order valence-electron chi connectivity index (χ3n) is 3.11. The first kappa shape index (κ1) is 12.3. The second-order valence-electron chi connectivity index (χ2n) is 5.04. The van der Waals surface area contributed by atoms with Gasteiger partial charge < -0.3 is 10.8 Å². The van der Waals surface area contributed by atoms with Gasteiger partial charge in [0.2, 0.25) is 0 Å². The molecule has 1 fully saturated rings. The molecule has 1 saturated carbocycles. The van der Waals surface area contributed by atoms with Crippen LogP contribution in [-0.4, -0.2) is 39.7 Å². The molecule has 1 heterocycles. The van der Waals surface area contributed by atoms with E-state index in [1.165, 1.54) is 0 Å². The minimum atomic E-state index is -0.0840. The lowest BCUT2D eigenvalue weighted by molar-refractivity contribution is 0.0271. The number of aliphatic hydroxyl groups is 1. The van der Waals surface area contributed by atoms with Gasteiger partial charge in [-0.3, -0.25) is 4.90 Å². The molecule has 1 aliphatic rings. The van der Waals surface area contributed by atoms with Crippen LogP contribution in [0, 0.1) is 12.8 Å². The van der Waals surface area contributed by atoms with Crippen molar-refractivity contribution in [1.82, 2.24) is 14.9 Å². The molecule has 0 bridgehead atoms. The summed E-state index contributed by atoms with van der Waals surface area (Å²) >= 11 is 0. The van der Waals surface area contributed by atoms with Crippen LogP contribution >= 0.6 is 0 Å². The van der Waals surface area contributed by atoms with Crippen LogP contribution in [0.1, 0.15) is 24.4 Å². The summed E-state index contributed by atoms with van der Waals surface area (Å²) in [6.07, 6.45) is 1.75. The van der Waals surface area contributed by atoms with Crippen molar-refractivity contribution < 1.29 is 5.11 Å². The fourth-order valence-electron chi connectivity index (χ4n) is 2.32. The van der Waals surface area contributed by atoms with Crippen LogP contribution in [0.4, 0.5) is 5.82 Å². The van der Waals surface area contributed by atoms with Crippen molar-refractivity contribution >= 4 is 5.82 Å². The fraction of sp³-hybridized carbons (Fsp3) is 0.667. The molecule has 3 N–H and O–H groups in total. The van der Waals surface area contributed by atoms with Gasteiger partial charge in [-0.05, 0) is 32.7 Å². The topological polar surface area (TPSA) is 75.3 Å². The van der Waals surface area contributed by atoms with Crippen LogP contribution in [0.3, 0.4) is 0 Å². The van der Waals surface area contributed by atoms with Crippen molar-refractivity contribution in [2.45, 2.75) is 32.4 Å². The monoisotopic (exact) mass is 236 g/mol. The van der Waals surface area contributed by atoms with E-state index in [4.69, 9.17) is 5.73 Å². The van der Waals surface area contributed by atoms with Crippen LogP contribution in [0.2, 0.25) is 0 Å². The Morgan fingerprint density at radius 2 is 2.18 bits per heavy atom. The summed E-state index contributed by atoms with van der Waals surface area (Å²) in [5, 5.41) is 9.23. The first-order valence-corrected chi connectivity index (χ1v) is 5.99. The Kier molecular flexibility index (Phi) is 3.59. The highest BCUT2D eigenvalue weighted by Gasteiger charge is 2.27. The maximum atomic E-state index is 9.23. The molecule has 1 aromatic heterocycles. The van der Waals surface area contributed by atoms with Gasteiger partial charge in [-0.2, -0.15) is 0 Å². The molecular weight excluding hydrogens is 216 g/mol. The molecular formula is C12H20N4O. The van der Waals surface area contributed by atoms with Gasteiger partial charge in [-0.1, -0.05) is 0 Å². The Hall–Kier alpha value is -1.20. The van der Waals surface area contributed by atoms with Gasteiger partial charge in [0.15, 0.2) is 0 Å². The molecule has 5 heteroatoms. The molecule has 1 aromatic rings. The van der Waals surface area contributed by atoms with Gasteiger partial charge in [-0.25, -0.2) is 9.97 Å². The summed E-state index contributed by atoms with van der Waals surface area (Å²) in [7, 11) is 2.05. The summed E-state index contributed by atoms with van der Waals surface area (Å²) in [6.45, 7) is 3.61. The smallest absolute Gasteiger partial charge is 0.144 e. The molecule has 94 valence electrons. The highest BCUT2D eigenvalue weighted by Crippen LogP contribution is 2.27. The molecule has 0 spiro atoms. The Bertz CT molecular complexity index is 370. The van der Waals surface area contributed by atoms with Crippen molar-refractivity contribution in [3.05, 3.63) is 17.6 Å². The molecule has 0 radical (unpaired) electrons. The van der Waals surface area contributed by atoms with Gasteiger partial charge in [0.1, 0.15) is 11.6 Å². The van der Waals surface area contributed by atoms with Crippen molar-refractivity contribution in [2.75, 3.05) is 19.3 Å². The SMILES string of the molecule is Cc1cc(N)nc(CN(C)CC2CC(O)C2)n1. The third kappa shape index (κ3) is 3.38. The molecule has 0 saturated heterocycles. The van der Waals surface area contributed by atoms with Crippen LogP contribution in [0.25, 0.3) is 0 Å². The fourth-order valence-corrected chi connectivity index (χ4v) is 2.32. The standard InChI is InChI=1S/C12H20N4O/c1-8-3-11(13)15-12(14-8)7-16(2)6-9-4-10(17)5-9/h3,9-10,17H,4-7H2,1-2H3,(H2,13,14,15). The second-order valence-corrected chi connectivity index (χ2v) is 5.04. The van der Waals surface area contributed by atoms with Gasteiger partial charge in [0.05, 0.1) is 12.6 Å². The first-order chi connectivity index (χ1) is 8.02. The van der Waals surface area contributed by atoms with Crippen molar-refractivity contribution in [3.8, 4) is 0 Å². The van der Waals surface area contributed by atoms with Crippen molar-refractivity contribution in [1.29, 1.82) is 0 Å². The third-order valence-corrected chi connectivity index (χ3v) is 3.11. The van der Waals surface area contributed by atoms with E-state index < -0.39 is 0 Å². The summed E-state index contributed by atoms with van der Waals surface area (Å²) in [4.78, 5) is 10.8. The highest BCUT2D eigenvalue weighted by atomic mass is 16.3. The predicted octanol–water partition coefficient (Wildman–Crippen LogP) is 0.570. The highest BCUT2D eigenvalue weighted by molar-refractivity contribution is 5.29. The zero-order valence-electron chi connectivity index (χ0n) is 10.4. The molecule has 2 rings (SSSR count). The number of nitrogens with two attached hydrogens (primary N) is 1. The Labute approximate surface area is 102 Å². The van der Waals surface area contributed by atoms with E-state index in [2.05, 4.69) is 14.9 Å². The van der Waals surface area contributed by atoms with Gasteiger partial charge >= 0.3 is 0 Å². The molecule has 17 heavy (non-hydrogen) atoms. The first-order valence-electron chi connectivity index (χ1n) is 5.99. The Balaban J connectivity index is 1.86. The van der Waals surface area contributed by atoms with Crippen molar-refractivity contribution in [2.24, 2.45) is 5.92 Å². The van der Waals surface area contributed by atoms with Crippen LogP contribution in [-0.2, 0) is 6.54 Å². The van der Waals surface area contributed by atoms with Crippen LogP contribution in [0.15, 0.2) is 6.07 Å². The van der Waals surface area contributed by atoms with Crippen molar-refractivity contribution in [3.63, 3.8) is 0 Å². The van der Waals surface area contributed by atoms with E-state index in [1.807, 2.05) is 14.0 Å². The van der Waals surface area contributed by atoms with E-state index in [-0.39, 0.29) is 6.10 Å². The van der Waals surface area contributed by atoms with Gasteiger partial charge in [0, 0.05) is 18.3 Å². The second kappa shape index (κ2) is 4.98. The van der Waals surface area contributed by atoms with E-state index in [0.29, 0.717) is 18.3 Å². The maximum Gasteiger partial charge on any atom is 0.144 e. The number of aromatic nitrogens is 2. The average Bonchev–Trinajstić information content (AvgIpc) is 2.13. The summed E-state index contributed by atoms with van der Waals surface area (Å²) < 4.78 is 0. The minimum absolute atomic E-state index is 0.0840. The average molecular weight is 236 g/mol. The number of anilines is 1. The maximum absolute atomic E-state index is 9.23. The molecule has 0 amide bonds. The van der Waals surface area contributed by atoms with E-state index >= 15 is 0 Å². The Morgan fingerprint density at radius 3 is 2.76 bits per heavy atom. The summed E-state index contributed by atoms with van der Waals surface area (Å²) in [6, 6.07) is 1.77. The molecule has 1 aliphatic carbocycles. The van der Waals surface area contributed by atoms with Gasteiger partial charge in [-0.15, -0.1) is 0 Å². The van der Waals surface area contributed by atoms with Crippen LogP contribution in [0.5, 0.6) is 0 Å². The quantitative estimate of drug-likeness (QED) is 0.799. The molecule has 0 unspecified atom stereocenters. The molecule has 0 aromatic carbocycles. The lowest BCUT2D eigenvalue weighted by Gasteiger charge is -2.34. The number of hydrogen-bond donors (Lipinski definition) is 2. The number of nitrogen functional groups attached to an aromatic ring is 1. The van der Waals surface area contributed by atoms with E-state index in [1.54, 1.807) is 6.07 Å². The number of aliphatic hydroxyl groups excluding tert-OH is 1. The molecule has 0 atom stereocenters. The zero-order valence-corrected chi connectivity index (χ0v) is 10.4. The zero-order chi connectivity index (χ0) is 12.4. The normalized spacial score (nSPS) is 23.8. The largest absolute Gasteiger partial charge is 0.393 e. The van der Waals surface area contributed by atoms with Crippen LogP contribution < -0.4 is 5.73 Å². The Morgan fingerprint density at radius 1 is 1.47 bits per heavy atom. The van der Waals surface area contributed by atoms with E-state index in [9.17, 15) is 5.11 Å². The van der Waals surface area contributed by atoms with E-state index in [0.717, 1.165) is 30.9 Å². The predicted molar refractivity (Wildman–Crippen MR) is 66.2 cm³/mol.